The van der Waals surface area contributed by atoms with Gasteiger partial charge in [-0.25, -0.2) is 4.39 Å². The lowest BCUT2D eigenvalue weighted by atomic mass is 9.94. The number of nitrogens with one attached hydrogen (secondary N) is 1. The van der Waals surface area contributed by atoms with Crippen LogP contribution in [0.2, 0.25) is 0 Å². The normalized spacial score (nSPS) is 17.6. The Labute approximate surface area is 288 Å². The lowest BCUT2D eigenvalue weighted by Gasteiger charge is -2.41. The predicted molar refractivity (Wildman–Crippen MR) is 189 cm³/mol. The van der Waals surface area contributed by atoms with Gasteiger partial charge >= 0.3 is 5.97 Å². The van der Waals surface area contributed by atoms with E-state index >= 15 is 0 Å². The summed E-state index contributed by atoms with van der Waals surface area (Å²) in [6.07, 6.45) is 0.484. The quantitative estimate of drug-likeness (QED) is 0.163. The molecule has 0 spiro atoms. The van der Waals surface area contributed by atoms with Crippen LogP contribution in [0, 0.1) is 5.82 Å². The molecule has 2 heterocycles. The standard InChI is InChI=1S/C40H47FN2O6/c1-25(2)36-35(38(46)42-29-11-9-8-10-12-29)34(26-15-19-30(44)20-16-26)37(27-13-17-28(41)18-14-27)43(36)22-21-31-23-32(48-40(6,7)47-31)24-33(45)49-39(3,4)5/h8-20,25,31-32,44H,21-24H2,1-7H3,(H,42,46)/t31-,32-/m1/s1. The van der Waals surface area contributed by atoms with E-state index in [0.717, 1.165) is 22.5 Å². The number of halogens is 1. The highest BCUT2D eigenvalue weighted by atomic mass is 19.1. The smallest absolute Gasteiger partial charge is 0.308 e. The summed E-state index contributed by atoms with van der Waals surface area (Å²) in [6, 6.07) is 22.3. The monoisotopic (exact) mass is 670 g/mol. The van der Waals surface area contributed by atoms with E-state index in [2.05, 4.69) is 9.88 Å². The van der Waals surface area contributed by atoms with Crippen LogP contribution in [0.4, 0.5) is 10.1 Å². The van der Waals surface area contributed by atoms with Crippen LogP contribution >= 0.6 is 0 Å². The number of aromatic hydroxyl groups is 1. The number of para-hydroxylation sites is 1. The summed E-state index contributed by atoms with van der Waals surface area (Å²) in [4.78, 5) is 27.1. The lowest BCUT2D eigenvalue weighted by molar-refractivity contribution is -0.301. The van der Waals surface area contributed by atoms with E-state index in [9.17, 15) is 19.1 Å². The number of phenols is 1. The van der Waals surface area contributed by atoms with E-state index in [1.165, 1.54) is 12.1 Å². The molecule has 0 bridgehead atoms. The van der Waals surface area contributed by atoms with Gasteiger partial charge in [0.15, 0.2) is 5.79 Å². The van der Waals surface area contributed by atoms with Crippen molar-refractivity contribution in [2.24, 2.45) is 0 Å². The molecule has 1 aliphatic rings. The largest absolute Gasteiger partial charge is 0.508 e. The van der Waals surface area contributed by atoms with Crippen molar-refractivity contribution in [1.82, 2.24) is 4.57 Å². The first-order valence-electron chi connectivity index (χ1n) is 16.9. The van der Waals surface area contributed by atoms with E-state index in [1.54, 1.807) is 36.4 Å². The molecule has 0 saturated carbocycles. The third-order valence-electron chi connectivity index (χ3n) is 8.30. The summed E-state index contributed by atoms with van der Waals surface area (Å²) >= 11 is 0. The molecule has 1 aliphatic heterocycles. The molecule has 49 heavy (non-hydrogen) atoms. The molecular weight excluding hydrogens is 623 g/mol. The van der Waals surface area contributed by atoms with Crippen molar-refractivity contribution >= 4 is 17.6 Å². The summed E-state index contributed by atoms with van der Waals surface area (Å²) in [5.41, 5.74) is 4.27. The SMILES string of the molecule is CC(C)c1c(C(=O)Nc2ccccc2)c(-c2ccc(O)cc2)c(-c2ccc(F)cc2)n1CC[C@@H]1C[C@H](CC(=O)OC(C)(C)C)OC(C)(C)O1. The molecule has 0 unspecified atom stereocenters. The molecule has 0 radical (unpaired) electrons. The second-order valence-electron chi connectivity index (χ2n) is 14.4. The van der Waals surface area contributed by atoms with Crippen LogP contribution in [0.3, 0.4) is 0 Å². The number of aromatic nitrogens is 1. The zero-order valence-corrected chi connectivity index (χ0v) is 29.4. The molecule has 5 rings (SSSR count). The van der Waals surface area contributed by atoms with E-state index in [1.807, 2.05) is 78.8 Å². The molecule has 8 nitrogen and oxygen atoms in total. The van der Waals surface area contributed by atoms with Crippen molar-refractivity contribution < 1.29 is 33.3 Å². The van der Waals surface area contributed by atoms with Crippen molar-refractivity contribution in [2.45, 2.75) is 104 Å². The molecule has 3 aromatic carbocycles. The zero-order valence-electron chi connectivity index (χ0n) is 29.4. The Kier molecular flexibility index (Phi) is 10.6. The summed E-state index contributed by atoms with van der Waals surface area (Å²) < 4.78 is 34.5. The third-order valence-corrected chi connectivity index (χ3v) is 8.30. The molecule has 260 valence electrons. The molecule has 9 heteroatoms. The summed E-state index contributed by atoms with van der Waals surface area (Å²) in [7, 11) is 0. The Hall–Kier alpha value is -4.47. The summed E-state index contributed by atoms with van der Waals surface area (Å²) in [5, 5.41) is 13.3. The predicted octanol–water partition coefficient (Wildman–Crippen LogP) is 9.07. The molecule has 0 aliphatic carbocycles. The van der Waals surface area contributed by atoms with Crippen LogP contribution in [-0.2, 0) is 25.5 Å². The number of rotatable bonds is 10. The van der Waals surface area contributed by atoms with E-state index in [4.69, 9.17) is 14.2 Å². The zero-order chi connectivity index (χ0) is 35.5. The van der Waals surface area contributed by atoms with Gasteiger partial charge in [0.25, 0.3) is 5.91 Å². The number of hydrogen-bond donors (Lipinski definition) is 2. The molecule has 1 fully saturated rings. The fraction of sp³-hybridized carbons (Fsp3) is 0.400. The molecule has 2 N–H and O–H groups in total. The van der Waals surface area contributed by atoms with Crippen LogP contribution in [0.15, 0.2) is 78.9 Å². The van der Waals surface area contributed by atoms with Crippen LogP contribution in [0.1, 0.15) is 89.7 Å². The van der Waals surface area contributed by atoms with Crippen molar-refractivity contribution in [3.8, 4) is 28.1 Å². The van der Waals surface area contributed by atoms with Gasteiger partial charge in [-0.3, -0.25) is 9.59 Å². The van der Waals surface area contributed by atoms with Crippen molar-refractivity contribution in [3.63, 3.8) is 0 Å². The molecule has 1 aromatic heterocycles. The first-order chi connectivity index (χ1) is 23.1. The first-order valence-corrected chi connectivity index (χ1v) is 16.9. The van der Waals surface area contributed by atoms with E-state index < -0.39 is 17.5 Å². The van der Waals surface area contributed by atoms with Gasteiger partial charge in [0.05, 0.1) is 29.9 Å². The number of esters is 1. The second kappa shape index (κ2) is 14.6. The molecule has 1 amide bonds. The van der Waals surface area contributed by atoms with Gasteiger partial charge in [-0.05, 0) is 107 Å². The minimum absolute atomic E-state index is 0.0893. The average Bonchev–Trinajstić information content (AvgIpc) is 3.35. The molecule has 4 aromatic rings. The first kappa shape index (κ1) is 35.8. The second-order valence-corrected chi connectivity index (χ2v) is 14.4. The minimum atomic E-state index is -0.926. The molecule has 2 atom stereocenters. The Bertz CT molecular complexity index is 1760. The topological polar surface area (TPSA) is 99.0 Å². The average molecular weight is 671 g/mol. The van der Waals surface area contributed by atoms with Gasteiger partial charge in [-0.1, -0.05) is 44.2 Å². The summed E-state index contributed by atoms with van der Waals surface area (Å²) in [5.74, 6) is -1.88. The Morgan fingerprint density at radius 1 is 0.959 bits per heavy atom. The Morgan fingerprint density at radius 2 is 1.57 bits per heavy atom. The van der Waals surface area contributed by atoms with Gasteiger partial charge in [0, 0.05) is 29.9 Å². The number of ether oxygens (including phenoxy) is 3. The number of benzene rings is 3. The minimum Gasteiger partial charge on any atom is -0.508 e. The highest BCUT2D eigenvalue weighted by Crippen LogP contribution is 2.43. The van der Waals surface area contributed by atoms with Gasteiger partial charge in [0.2, 0.25) is 0 Å². The number of phenolic OH excluding ortho intramolecular Hbond substituents is 1. The van der Waals surface area contributed by atoms with Crippen LogP contribution in [-0.4, -0.2) is 45.1 Å². The maximum atomic E-state index is 14.4. The highest BCUT2D eigenvalue weighted by molar-refractivity contribution is 6.12. The lowest BCUT2D eigenvalue weighted by Crippen LogP contribution is -2.46. The number of carbonyl (C=O) groups is 2. The Morgan fingerprint density at radius 3 is 2.18 bits per heavy atom. The number of anilines is 1. The van der Waals surface area contributed by atoms with E-state index in [-0.39, 0.29) is 41.9 Å². The number of hydrogen-bond acceptors (Lipinski definition) is 6. The molecule has 1 saturated heterocycles. The number of amides is 1. The maximum absolute atomic E-state index is 14.4. The van der Waals surface area contributed by atoms with Gasteiger partial charge < -0.3 is 29.2 Å². The van der Waals surface area contributed by atoms with E-state index in [0.29, 0.717) is 36.2 Å². The van der Waals surface area contributed by atoms with Crippen molar-refractivity contribution in [1.29, 1.82) is 0 Å². The third kappa shape index (κ3) is 8.96. The van der Waals surface area contributed by atoms with Crippen LogP contribution in [0.5, 0.6) is 5.75 Å². The maximum Gasteiger partial charge on any atom is 0.308 e. The van der Waals surface area contributed by atoms with Crippen LogP contribution in [0.25, 0.3) is 22.4 Å². The van der Waals surface area contributed by atoms with Crippen molar-refractivity contribution in [2.75, 3.05) is 5.32 Å². The fourth-order valence-corrected chi connectivity index (χ4v) is 6.60. The highest BCUT2D eigenvalue weighted by Gasteiger charge is 2.38. The molecular formula is C40H47FN2O6. The number of nitrogens with zero attached hydrogens (tertiary/aromatic N) is 1. The van der Waals surface area contributed by atoms with Gasteiger partial charge in [-0.2, -0.15) is 0 Å². The Balaban J connectivity index is 1.60. The summed E-state index contributed by atoms with van der Waals surface area (Å²) in [6.45, 7) is 13.8. The number of carbonyl (C=O) groups excluding carboxylic acids is 2. The fourth-order valence-electron chi connectivity index (χ4n) is 6.60. The van der Waals surface area contributed by atoms with Crippen LogP contribution < -0.4 is 5.32 Å². The van der Waals surface area contributed by atoms with Gasteiger partial charge in [0.1, 0.15) is 17.2 Å². The van der Waals surface area contributed by atoms with Gasteiger partial charge in [-0.15, -0.1) is 0 Å². The van der Waals surface area contributed by atoms with Crippen molar-refractivity contribution in [3.05, 3.63) is 95.9 Å².